The van der Waals surface area contributed by atoms with Gasteiger partial charge < -0.3 is 4.90 Å². The Balaban J connectivity index is 1.46. The van der Waals surface area contributed by atoms with Crippen molar-refractivity contribution in [3.05, 3.63) is 17.5 Å². The Hall–Kier alpha value is -1.36. The van der Waals surface area contributed by atoms with Crippen molar-refractivity contribution in [2.75, 3.05) is 26.2 Å². The molecule has 3 aliphatic rings. The Morgan fingerprint density at radius 3 is 2.75 bits per heavy atom. The highest BCUT2D eigenvalue weighted by molar-refractivity contribution is 5.92. The van der Waals surface area contributed by atoms with Crippen molar-refractivity contribution in [2.24, 2.45) is 11.8 Å². The number of nitrogens with one attached hydrogen (secondary N) is 1. The second-order valence-electron chi connectivity index (χ2n) is 8.34. The van der Waals surface area contributed by atoms with Gasteiger partial charge in [0, 0.05) is 43.8 Å². The fraction of sp³-hybridized carbons (Fsp3) is 0.789. The number of nitrogens with zero attached hydrogens (tertiary/aromatic N) is 3. The number of carbonyl (C=O) groups is 1. The number of aromatic nitrogens is 2. The van der Waals surface area contributed by atoms with Gasteiger partial charge in [-0.3, -0.25) is 14.8 Å². The van der Waals surface area contributed by atoms with Crippen molar-refractivity contribution in [1.82, 2.24) is 20.0 Å². The molecule has 0 aromatic carbocycles. The molecular weight excluding hydrogens is 300 g/mol. The molecule has 2 heterocycles. The quantitative estimate of drug-likeness (QED) is 0.903. The van der Waals surface area contributed by atoms with E-state index in [1.807, 2.05) is 11.0 Å². The number of carbonyl (C=O) groups excluding carboxylic acids is 1. The van der Waals surface area contributed by atoms with Crippen LogP contribution in [0, 0.1) is 11.8 Å². The first kappa shape index (κ1) is 16.1. The summed E-state index contributed by atoms with van der Waals surface area (Å²) in [7, 11) is 0. The topological polar surface area (TPSA) is 52.2 Å². The molecule has 0 spiro atoms. The van der Waals surface area contributed by atoms with Gasteiger partial charge in [-0.1, -0.05) is 13.8 Å². The first-order valence-corrected chi connectivity index (χ1v) is 9.70. The van der Waals surface area contributed by atoms with E-state index in [-0.39, 0.29) is 5.91 Å². The Bertz CT molecular complexity index is 588. The lowest BCUT2D eigenvalue weighted by Crippen LogP contribution is -2.46. The summed E-state index contributed by atoms with van der Waals surface area (Å²) >= 11 is 0. The Morgan fingerprint density at radius 2 is 2.08 bits per heavy atom. The molecule has 4 rings (SSSR count). The van der Waals surface area contributed by atoms with Gasteiger partial charge in [0.25, 0.3) is 5.91 Å². The van der Waals surface area contributed by atoms with Crippen LogP contribution in [0.4, 0.5) is 0 Å². The number of H-pyrrole nitrogens is 1. The predicted molar refractivity (Wildman–Crippen MR) is 94.0 cm³/mol. The van der Waals surface area contributed by atoms with E-state index >= 15 is 0 Å². The number of rotatable bonds is 5. The molecule has 2 saturated carbocycles. The van der Waals surface area contributed by atoms with E-state index in [4.69, 9.17) is 0 Å². The molecule has 1 saturated heterocycles. The second-order valence-corrected chi connectivity index (χ2v) is 8.34. The molecule has 5 nitrogen and oxygen atoms in total. The number of hydrogen-bond donors (Lipinski definition) is 1. The van der Waals surface area contributed by atoms with E-state index in [9.17, 15) is 4.79 Å². The van der Waals surface area contributed by atoms with E-state index in [1.54, 1.807) is 0 Å². The minimum atomic E-state index is 0.108. The lowest BCUT2D eigenvalue weighted by Gasteiger charge is -2.34. The molecule has 132 valence electrons. The maximum atomic E-state index is 12.9. The van der Waals surface area contributed by atoms with Crippen LogP contribution in [0.3, 0.4) is 0 Å². The summed E-state index contributed by atoms with van der Waals surface area (Å²) in [5, 5.41) is 7.37. The smallest absolute Gasteiger partial charge is 0.274 e. The summed E-state index contributed by atoms with van der Waals surface area (Å²) in [4.78, 5) is 17.6. The zero-order valence-electron chi connectivity index (χ0n) is 15.0. The molecule has 1 aromatic rings. The molecule has 0 unspecified atom stereocenters. The van der Waals surface area contributed by atoms with Crippen molar-refractivity contribution in [3.63, 3.8) is 0 Å². The highest BCUT2D eigenvalue weighted by Crippen LogP contribution is 2.39. The number of aromatic amines is 1. The Labute approximate surface area is 144 Å². The van der Waals surface area contributed by atoms with Gasteiger partial charge >= 0.3 is 0 Å². The summed E-state index contributed by atoms with van der Waals surface area (Å²) in [6.45, 7) is 8.62. The molecular formula is C19H30N4O. The van der Waals surface area contributed by atoms with Crippen LogP contribution >= 0.6 is 0 Å². The van der Waals surface area contributed by atoms with Crippen molar-refractivity contribution >= 4 is 5.91 Å². The molecule has 0 bridgehead atoms. The van der Waals surface area contributed by atoms with Crippen molar-refractivity contribution in [1.29, 1.82) is 0 Å². The highest BCUT2D eigenvalue weighted by atomic mass is 16.2. The minimum absolute atomic E-state index is 0.108. The van der Waals surface area contributed by atoms with Crippen molar-refractivity contribution in [2.45, 2.75) is 57.9 Å². The average molecular weight is 330 g/mol. The molecule has 0 radical (unpaired) electrons. The van der Waals surface area contributed by atoms with Crippen molar-refractivity contribution < 1.29 is 4.79 Å². The van der Waals surface area contributed by atoms with Crippen LogP contribution in [0.5, 0.6) is 0 Å². The van der Waals surface area contributed by atoms with E-state index < -0.39 is 0 Å². The third-order valence-electron chi connectivity index (χ3n) is 5.83. The summed E-state index contributed by atoms with van der Waals surface area (Å²) in [6, 6.07) is 2.45. The maximum Gasteiger partial charge on any atom is 0.274 e. The highest BCUT2D eigenvalue weighted by Gasteiger charge is 2.34. The molecule has 3 fully saturated rings. The molecule has 1 atom stereocenters. The Morgan fingerprint density at radius 1 is 1.29 bits per heavy atom. The third-order valence-corrected chi connectivity index (χ3v) is 5.83. The molecule has 1 aliphatic heterocycles. The van der Waals surface area contributed by atoms with Gasteiger partial charge in [-0.2, -0.15) is 5.10 Å². The predicted octanol–water partition coefficient (Wildman–Crippen LogP) is 2.87. The van der Waals surface area contributed by atoms with E-state index in [1.165, 1.54) is 32.2 Å². The summed E-state index contributed by atoms with van der Waals surface area (Å²) in [5.41, 5.74) is 1.75. The summed E-state index contributed by atoms with van der Waals surface area (Å²) in [6.07, 6.45) is 6.31. The lowest BCUT2D eigenvalue weighted by molar-refractivity contribution is 0.0698. The zero-order chi connectivity index (χ0) is 16.7. The van der Waals surface area contributed by atoms with Crippen LogP contribution in [0.25, 0.3) is 0 Å². The van der Waals surface area contributed by atoms with E-state index in [0.717, 1.165) is 37.7 Å². The largest absolute Gasteiger partial charge is 0.336 e. The molecule has 1 N–H and O–H groups in total. The fourth-order valence-corrected chi connectivity index (χ4v) is 3.95. The van der Waals surface area contributed by atoms with Gasteiger partial charge in [0.1, 0.15) is 5.69 Å². The van der Waals surface area contributed by atoms with Gasteiger partial charge in [0.15, 0.2) is 0 Å². The van der Waals surface area contributed by atoms with Gasteiger partial charge in [-0.15, -0.1) is 0 Å². The van der Waals surface area contributed by atoms with Gasteiger partial charge in [-0.25, -0.2) is 0 Å². The van der Waals surface area contributed by atoms with E-state index in [0.29, 0.717) is 23.6 Å². The summed E-state index contributed by atoms with van der Waals surface area (Å²) < 4.78 is 0. The van der Waals surface area contributed by atoms with Crippen LogP contribution in [-0.2, 0) is 0 Å². The van der Waals surface area contributed by atoms with Gasteiger partial charge in [0.05, 0.1) is 0 Å². The maximum absolute atomic E-state index is 12.9. The number of hydrogen-bond acceptors (Lipinski definition) is 3. The van der Waals surface area contributed by atoms with Crippen LogP contribution in [0.1, 0.15) is 68.1 Å². The number of amides is 1. The minimum Gasteiger partial charge on any atom is -0.336 e. The average Bonchev–Trinajstić information content (AvgIpc) is 3.47. The fourth-order valence-electron chi connectivity index (χ4n) is 3.95. The molecule has 5 heteroatoms. The third kappa shape index (κ3) is 3.51. The Kier molecular flexibility index (Phi) is 4.37. The van der Waals surface area contributed by atoms with Crippen LogP contribution in [-0.4, -0.2) is 58.1 Å². The zero-order valence-corrected chi connectivity index (χ0v) is 15.0. The van der Waals surface area contributed by atoms with Gasteiger partial charge in [0.2, 0.25) is 0 Å². The molecule has 24 heavy (non-hydrogen) atoms. The standard InChI is InChI=1S/C19H30N4O/c1-13(2)18-12-23(9-3-8-22(18)11-14-4-5-14)19(24)17-10-16(20-21-17)15-6-7-15/h10,13-15,18H,3-9,11-12H2,1-2H3,(H,20,21)/t18-/m1/s1. The van der Waals surface area contributed by atoms with E-state index in [2.05, 4.69) is 28.9 Å². The first-order valence-electron chi connectivity index (χ1n) is 9.70. The van der Waals surface area contributed by atoms with Crippen LogP contribution < -0.4 is 0 Å². The normalized spacial score (nSPS) is 26.0. The second kappa shape index (κ2) is 6.51. The summed E-state index contributed by atoms with van der Waals surface area (Å²) in [5.74, 6) is 2.19. The molecule has 1 aromatic heterocycles. The van der Waals surface area contributed by atoms with Crippen LogP contribution in [0.15, 0.2) is 6.07 Å². The van der Waals surface area contributed by atoms with Crippen LogP contribution in [0.2, 0.25) is 0 Å². The lowest BCUT2D eigenvalue weighted by atomic mass is 10.0. The first-order chi connectivity index (χ1) is 11.6. The molecule has 2 aliphatic carbocycles. The van der Waals surface area contributed by atoms with Crippen molar-refractivity contribution in [3.8, 4) is 0 Å². The SMILES string of the molecule is CC(C)[C@H]1CN(C(=O)c2cc(C3CC3)[nH]n2)CCCN1CC1CC1. The monoisotopic (exact) mass is 330 g/mol. The molecule has 1 amide bonds. The van der Waals surface area contributed by atoms with Gasteiger partial charge in [-0.05, 0) is 50.0 Å².